The quantitative estimate of drug-likeness (QED) is 0.154. The predicted octanol–water partition coefficient (Wildman–Crippen LogP) is 15.2. The van der Waals surface area contributed by atoms with Crippen LogP contribution in [0.5, 0.6) is 0 Å². The maximum Gasteiger partial charge on any atom is 0.160 e. The lowest BCUT2D eigenvalue weighted by Gasteiger charge is -2.15. The average molecular weight is 778 g/mol. The van der Waals surface area contributed by atoms with E-state index in [4.69, 9.17) is 9.97 Å². The lowest BCUT2D eigenvalue weighted by atomic mass is 9.89. The molecule has 3 heteroatoms. The van der Waals surface area contributed by atoms with Crippen LogP contribution < -0.4 is 0 Å². The molecule has 0 bridgehead atoms. The lowest BCUT2D eigenvalue weighted by molar-refractivity contribution is 1.15. The van der Waals surface area contributed by atoms with Crippen molar-refractivity contribution >= 4 is 21.9 Å². The Labute approximate surface area is 355 Å². The van der Waals surface area contributed by atoms with E-state index in [1.165, 1.54) is 27.8 Å². The number of hydrogen-bond donors (Lipinski definition) is 0. The second kappa shape index (κ2) is 15.6. The molecule has 286 valence electrons. The highest BCUT2D eigenvalue weighted by atomic mass is 15.0. The number of benzene rings is 9. The van der Waals surface area contributed by atoms with Gasteiger partial charge in [0.2, 0.25) is 0 Å². The Morgan fingerprint density at radius 2 is 0.656 bits per heavy atom. The Hall–Kier alpha value is -8.14. The van der Waals surface area contributed by atoms with E-state index in [-0.39, 0.29) is 0 Å². The molecule has 0 saturated heterocycles. The highest BCUT2D eigenvalue weighted by Gasteiger charge is 2.21. The van der Waals surface area contributed by atoms with Crippen molar-refractivity contribution in [2.75, 3.05) is 0 Å². The van der Waals surface area contributed by atoms with Gasteiger partial charge in [-0.25, -0.2) is 9.97 Å². The highest BCUT2D eigenvalue weighted by Crippen LogP contribution is 2.40. The Morgan fingerprint density at radius 1 is 0.279 bits per heavy atom. The van der Waals surface area contributed by atoms with Crippen LogP contribution >= 0.6 is 0 Å². The number of fused-ring (bicyclic) bond motifs is 3. The Balaban J connectivity index is 1.11. The monoisotopic (exact) mass is 777 g/mol. The third kappa shape index (κ3) is 6.88. The number of hydrogen-bond acceptors (Lipinski definition) is 2. The summed E-state index contributed by atoms with van der Waals surface area (Å²) < 4.78 is 2.31. The molecular weight excluding hydrogens is 739 g/mol. The molecule has 0 radical (unpaired) electrons. The van der Waals surface area contributed by atoms with Crippen molar-refractivity contribution in [3.05, 3.63) is 237 Å². The number of aromatic nitrogens is 3. The van der Waals surface area contributed by atoms with Gasteiger partial charge < -0.3 is 4.57 Å². The zero-order valence-corrected chi connectivity index (χ0v) is 33.4. The van der Waals surface area contributed by atoms with E-state index in [0.717, 1.165) is 72.3 Å². The molecule has 3 nitrogen and oxygen atoms in total. The predicted molar refractivity (Wildman–Crippen MR) is 254 cm³/mol. The zero-order chi connectivity index (χ0) is 40.5. The molecule has 61 heavy (non-hydrogen) atoms. The first-order chi connectivity index (χ1) is 30.2. The minimum Gasteiger partial charge on any atom is -0.306 e. The van der Waals surface area contributed by atoms with Crippen LogP contribution in [0.3, 0.4) is 0 Å². The minimum absolute atomic E-state index is 0.687. The van der Waals surface area contributed by atoms with Crippen LogP contribution in [0.15, 0.2) is 237 Å². The molecule has 0 spiro atoms. The van der Waals surface area contributed by atoms with E-state index >= 15 is 0 Å². The van der Waals surface area contributed by atoms with Gasteiger partial charge in [-0.15, -0.1) is 0 Å². The maximum atomic E-state index is 5.43. The molecule has 0 saturated carbocycles. The largest absolute Gasteiger partial charge is 0.306 e. The van der Waals surface area contributed by atoms with Crippen LogP contribution in [0.1, 0.15) is 0 Å². The van der Waals surface area contributed by atoms with E-state index < -0.39 is 0 Å². The Bertz CT molecular complexity index is 3260. The second-order valence-corrected chi connectivity index (χ2v) is 15.4. The molecule has 2 aromatic heterocycles. The molecule has 11 rings (SSSR count). The van der Waals surface area contributed by atoms with Gasteiger partial charge in [-0.05, 0) is 116 Å². The maximum absolute atomic E-state index is 5.43. The van der Waals surface area contributed by atoms with Crippen molar-refractivity contribution in [2.45, 2.75) is 0 Å². The molecule has 11 aromatic rings. The molecule has 0 atom stereocenters. The molecule has 0 aliphatic carbocycles. The van der Waals surface area contributed by atoms with Crippen LogP contribution in [0, 0.1) is 0 Å². The van der Waals surface area contributed by atoms with Crippen LogP contribution in [-0.2, 0) is 0 Å². The van der Waals surface area contributed by atoms with Gasteiger partial charge in [0.15, 0.2) is 5.82 Å². The van der Waals surface area contributed by atoms with Crippen molar-refractivity contribution in [3.63, 3.8) is 0 Å². The topological polar surface area (TPSA) is 30.7 Å². The molecule has 0 fully saturated rings. The first-order valence-corrected chi connectivity index (χ1v) is 20.7. The summed E-state index contributed by atoms with van der Waals surface area (Å²) in [7, 11) is 0. The summed E-state index contributed by atoms with van der Waals surface area (Å²) in [6, 6.07) is 84.2. The van der Waals surface area contributed by atoms with E-state index in [1.807, 2.05) is 0 Å². The summed E-state index contributed by atoms with van der Waals surface area (Å²) in [4.78, 5) is 10.8. The van der Waals surface area contributed by atoms with Gasteiger partial charge in [-0.3, -0.25) is 0 Å². The number of rotatable bonds is 8. The summed E-state index contributed by atoms with van der Waals surface area (Å²) in [6.07, 6.45) is 0. The van der Waals surface area contributed by atoms with E-state index in [9.17, 15) is 0 Å². The molecule has 0 aliphatic heterocycles. The summed E-state index contributed by atoms with van der Waals surface area (Å²) in [6.45, 7) is 0. The normalized spacial score (nSPS) is 11.3. The van der Waals surface area contributed by atoms with Gasteiger partial charge in [0, 0.05) is 22.2 Å². The van der Waals surface area contributed by atoms with Crippen LogP contribution in [0.2, 0.25) is 0 Å². The van der Waals surface area contributed by atoms with Crippen molar-refractivity contribution in [1.82, 2.24) is 14.5 Å². The molecule has 9 aromatic carbocycles. The molecule has 0 N–H and O–H groups in total. The van der Waals surface area contributed by atoms with E-state index in [2.05, 4.69) is 241 Å². The Kier molecular flexibility index (Phi) is 9.18. The van der Waals surface area contributed by atoms with Gasteiger partial charge in [0.1, 0.15) is 5.52 Å². The molecule has 0 amide bonds. The van der Waals surface area contributed by atoms with Gasteiger partial charge in [0.25, 0.3) is 0 Å². The van der Waals surface area contributed by atoms with Crippen molar-refractivity contribution in [2.24, 2.45) is 0 Å². The Morgan fingerprint density at radius 3 is 1.18 bits per heavy atom. The summed E-state index contributed by atoms with van der Waals surface area (Å²) in [5, 5.41) is 1.09. The first-order valence-electron chi connectivity index (χ1n) is 20.7. The fourth-order valence-corrected chi connectivity index (χ4v) is 8.60. The van der Waals surface area contributed by atoms with Crippen molar-refractivity contribution in [1.29, 1.82) is 0 Å². The van der Waals surface area contributed by atoms with Crippen LogP contribution in [0.25, 0.3) is 106 Å². The van der Waals surface area contributed by atoms with Crippen LogP contribution in [-0.4, -0.2) is 14.5 Å². The molecular formula is C58H39N3. The summed E-state index contributed by atoms with van der Waals surface area (Å²) in [5.74, 6) is 0.687. The van der Waals surface area contributed by atoms with Gasteiger partial charge in [-0.1, -0.05) is 176 Å². The third-order valence-corrected chi connectivity index (χ3v) is 11.5. The summed E-state index contributed by atoms with van der Waals surface area (Å²) >= 11 is 0. The molecule has 2 heterocycles. The standard InChI is InChI=1S/C58H39N3/c1-6-19-40(20-7-1)46-34-47(41-21-8-2-9-22-41)37-50(36-46)51-38-48(42-23-10-3-11-24-42)35-49(39-51)44-27-18-28-45(33-44)58-59-55(43-25-12-4-13-26-43)57-56(60-58)53-31-16-17-32-54(53)61(57)52-29-14-5-15-30-52/h1-39H. The van der Waals surface area contributed by atoms with Gasteiger partial charge >= 0.3 is 0 Å². The average Bonchev–Trinajstić information content (AvgIpc) is 3.69. The van der Waals surface area contributed by atoms with Gasteiger partial charge in [0.05, 0.1) is 16.7 Å². The minimum atomic E-state index is 0.687. The smallest absolute Gasteiger partial charge is 0.160 e. The van der Waals surface area contributed by atoms with Crippen molar-refractivity contribution in [3.8, 4) is 84.0 Å². The lowest BCUT2D eigenvalue weighted by Crippen LogP contribution is -1.99. The number of nitrogens with zero attached hydrogens (tertiary/aromatic N) is 3. The first kappa shape index (κ1) is 36.0. The van der Waals surface area contributed by atoms with Crippen LogP contribution in [0.4, 0.5) is 0 Å². The van der Waals surface area contributed by atoms with E-state index in [1.54, 1.807) is 0 Å². The third-order valence-electron chi connectivity index (χ3n) is 11.5. The SMILES string of the molecule is c1ccc(-c2cc(-c3ccccc3)cc(-c3cc(-c4ccccc4)cc(-c4cccc(-c5nc(-c6ccccc6)c6c(n5)c5ccccc5n6-c5ccccc5)c4)c3)c2)cc1. The fraction of sp³-hybridized carbons (Fsp3) is 0. The number of para-hydroxylation sites is 2. The fourth-order valence-electron chi connectivity index (χ4n) is 8.60. The van der Waals surface area contributed by atoms with E-state index in [0.29, 0.717) is 5.82 Å². The summed E-state index contributed by atoms with van der Waals surface area (Å²) in [5.41, 5.74) is 18.6. The highest BCUT2D eigenvalue weighted by molar-refractivity contribution is 6.11. The molecule has 0 aliphatic rings. The van der Waals surface area contributed by atoms with Gasteiger partial charge in [-0.2, -0.15) is 0 Å². The zero-order valence-electron chi connectivity index (χ0n) is 33.4. The second-order valence-electron chi connectivity index (χ2n) is 15.4. The molecule has 0 unspecified atom stereocenters. The van der Waals surface area contributed by atoms with Crippen molar-refractivity contribution < 1.29 is 0 Å².